The number of benzene rings is 2. The van der Waals surface area contributed by atoms with Gasteiger partial charge in [-0.05, 0) is 65.8 Å². The average molecular weight is 278 g/mol. The predicted octanol–water partition coefficient (Wildman–Crippen LogP) is 3.03. The fraction of sp³-hybridized carbons (Fsp3) is 0.278. The zero-order chi connectivity index (χ0) is 14.2. The van der Waals surface area contributed by atoms with Crippen molar-refractivity contribution in [2.45, 2.75) is 32.4 Å². The number of aryl methyl sites for hydroxylation is 2. The molecule has 0 unspecified atom stereocenters. The highest BCUT2D eigenvalue weighted by Crippen LogP contribution is 2.25. The molecular weight excluding hydrogens is 260 g/mol. The number of nitrogens with one attached hydrogen (secondary N) is 2. The molecule has 106 valence electrons. The van der Waals surface area contributed by atoms with Crippen LogP contribution >= 0.6 is 0 Å². The molecule has 0 aromatic heterocycles. The molecule has 3 heteroatoms. The van der Waals surface area contributed by atoms with Gasteiger partial charge in [-0.15, -0.1) is 0 Å². The fourth-order valence-corrected chi connectivity index (χ4v) is 3.29. The number of hydrogen-bond acceptors (Lipinski definition) is 2. The molecule has 2 aromatic rings. The molecule has 0 atom stereocenters. The second-order valence-electron chi connectivity index (χ2n) is 5.88. The Hall–Kier alpha value is -2.13. The first-order valence-electron chi connectivity index (χ1n) is 7.55. The van der Waals surface area contributed by atoms with Crippen LogP contribution in [0.2, 0.25) is 0 Å². The quantitative estimate of drug-likeness (QED) is 0.886. The summed E-state index contributed by atoms with van der Waals surface area (Å²) in [5.74, 6) is -0.0253. The van der Waals surface area contributed by atoms with Crippen molar-refractivity contribution in [1.29, 1.82) is 0 Å². The molecule has 3 nitrogen and oxygen atoms in total. The molecule has 2 aromatic carbocycles. The molecule has 1 heterocycles. The summed E-state index contributed by atoms with van der Waals surface area (Å²) in [5, 5.41) is 6.32. The second kappa shape index (κ2) is 5.01. The van der Waals surface area contributed by atoms with Gasteiger partial charge in [-0.2, -0.15) is 0 Å². The van der Waals surface area contributed by atoms with Crippen LogP contribution in [0, 0.1) is 0 Å². The van der Waals surface area contributed by atoms with Gasteiger partial charge in [0, 0.05) is 24.3 Å². The van der Waals surface area contributed by atoms with Crippen molar-refractivity contribution in [3.05, 3.63) is 64.2 Å². The molecule has 0 bridgehead atoms. The minimum absolute atomic E-state index is 0.0253. The molecule has 0 saturated carbocycles. The van der Waals surface area contributed by atoms with Gasteiger partial charge >= 0.3 is 0 Å². The molecule has 0 fully saturated rings. The lowest BCUT2D eigenvalue weighted by Gasteiger charge is -2.08. The smallest absolute Gasteiger partial charge is 0.255 e. The number of carbonyl (C=O) groups excluding carboxylic acids is 1. The highest BCUT2D eigenvalue weighted by Gasteiger charge is 2.15. The molecule has 0 spiro atoms. The standard InChI is InChI=1S/C18H18N2O/c21-18(14-4-5-15-10-19-11-16(15)8-14)20-17-7-6-12-2-1-3-13(12)9-17/h4-9,19H,1-3,10-11H2,(H,20,21). The molecule has 2 aliphatic rings. The first kappa shape index (κ1) is 12.6. The Morgan fingerprint density at radius 3 is 2.67 bits per heavy atom. The minimum Gasteiger partial charge on any atom is -0.322 e. The first-order valence-corrected chi connectivity index (χ1v) is 7.55. The van der Waals surface area contributed by atoms with Crippen LogP contribution in [0.3, 0.4) is 0 Å². The van der Waals surface area contributed by atoms with E-state index in [1.807, 2.05) is 24.3 Å². The van der Waals surface area contributed by atoms with E-state index in [0.29, 0.717) is 0 Å². The highest BCUT2D eigenvalue weighted by molar-refractivity contribution is 6.04. The van der Waals surface area contributed by atoms with Crippen LogP contribution in [0.15, 0.2) is 36.4 Å². The van der Waals surface area contributed by atoms with E-state index in [4.69, 9.17) is 0 Å². The topological polar surface area (TPSA) is 41.1 Å². The zero-order valence-electron chi connectivity index (χ0n) is 11.9. The summed E-state index contributed by atoms with van der Waals surface area (Å²) in [4.78, 5) is 12.4. The lowest BCUT2D eigenvalue weighted by Crippen LogP contribution is -2.12. The van der Waals surface area contributed by atoms with E-state index in [0.717, 1.165) is 30.8 Å². The number of amides is 1. The van der Waals surface area contributed by atoms with Crippen molar-refractivity contribution in [3.8, 4) is 0 Å². The minimum atomic E-state index is -0.0253. The second-order valence-corrected chi connectivity index (χ2v) is 5.88. The summed E-state index contributed by atoms with van der Waals surface area (Å²) in [5.41, 5.74) is 6.97. The number of rotatable bonds is 2. The largest absolute Gasteiger partial charge is 0.322 e. The Morgan fingerprint density at radius 2 is 1.71 bits per heavy atom. The maximum atomic E-state index is 12.4. The van der Waals surface area contributed by atoms with Crippen molar-refractivity contribution in [2.24, 2.45) is 0 Å². The van der Waals surface area contributed by atoms with E-state index in [9.17, 15) is 4.79 Å². The van der Waals surface area contributed by atoms with Gasteiger partial charge in [0.15, 0.2) is 0 Å². The van der Waals surface area contributed by atoms with Crippen molar-refractivity contribution >= 4 is 11.6 Å². The van der Waals surface area contributed by atoms with Gasteiger partial charge in [-0.25, -0.2) is 0 Å². The van der Waals surface area contributed by atoms with Crippen molar-refractivity contribution in [3.63, 3.8) is 0 Å². The normalized spacial score (nSPS) is 15.6. The van der Waals surface area contributed by atoms with Crippen molar-refractivity contribution in [2.75, 3.05) is 5.32 Å². The summed E-state index contributed by atoms with van der Waals surface area (Å²) in [6.45, 7) is 1.76. The van der Waals surface area contributed by atoms with Gasteiger partial charge in [0.2, 0.25) is 0 Å². The molecule has 4 rings (SSSR count). The maximum Gasteiger partial charge on any atom is 0.255 e. The molecule has 0 radical (unpaired) electrons. The Bertz CT molecular complexity index is 721. The molecule has 1 amide bonds. The van der Waals surface area contributed by atoms with E-state index in [2.05, 4.69) is 22.8 Å². The Balaban J connectivity index is 1.55. The van der Waals surface area contributed by atoms with Crippen LogP contribution < -0.4 is 10.6 Å². The lowest BCUT2D eigenvalue weighted by atomic mass is 10.1. The van der Waals surface area contributed by atoms with Gasteiger partial charge in [-0.1, -0.05) is 12.1 Å². The monoisotopic (exact) mass is 278 g/mol. The molecule has 21 heavy (non-hydrogen) atoms. The Kier molecular flexibility index (Phi) is 3.00. The summed E-state index contributed by atoms with van der Waals surface area (Å²) >= 11 is 0. The fourth-order valence-electron chi connectivity index (χ4n) is 3.29. The van der Waals surface area contributed by atoms with E-state index < -0.39 is 0 Å². The Labute approximate surface area is 124 Å². The third kappa shape index (κ3) is 2.34. The number of anilines is 1. The van der Waals surface area contributed by atoms with E-state index >= 15 is 0 Å². The van der Waals surface area contributed by atoms with E-state index in [-0.39, 0.29) is 5.91 Å². The van der Waals surface area contributed by atoms with Crippen molar-refractivity contribution < 1.29 is 4.79 Å². The molecular formula is C18H18N2O. The van der Waals surface area contributed by atoms with Crippen LogP contribution in [0.5, 0.6) is 0 Å². The van der Waals surface area contributed by atoms with E-state index in [1.165, 1.54) is 35.1 Å². The van der Waals surface area contributed by atoms with Crippen LogP contribution in [-0.2, 0) is 25.9 Å². The number of fused-ring (bicyclic) bond motifs is 2. The van der Waals surface area contributed by atoms with E-state index in [1.54, 1.807) is 0 Å². The van der Waals surface area contributed by atoms with Gasteiger partial charge in [0.25, 0.3) is 5.91 Å². The van der Waals surface area contributed by atoms with Crippen LogP contribution in [0.1, 0.15) is 39.0 Å². The summed E-state index contributed by atoms with van der Waals surface area (Å²) in [7, 11) is 0. The predicted molar refractivity (Wildman–Crippen MR) is 83.4 cm³/mol. The zero-order valence-corrected chi connectivity index (χ0v) is 11.9. The summed E-state index contributed by atoms with van der Waals surface area (Å²) in [6.07, 6.45) is 3.52. The SMILES string of the molecule is O=C(Nc1ccc2c(c1)CCC2)c1ccc2c(c1)CNC2. The summed E-state index contributed by atoms with van der Waals surface area (Å²) in [6, 6.07) is 12.2. The number of hydrogen-bond donors (Lipinski definition) is 2. The van der Waals surface area contributed by atoms with Crippen molar-refractivity contribution in [1.82, 2.24) is 5.32 Å². The molecule has 1 aliphatic carbocycles. The molecule has 2 N–H and O–H groups in total. The molecule has 0 saturated heterocycles. The summed E-state index contributed by atoms with van der Waals surface area (Å²) < 4.78 is 0. The van der Waals surface area contributed by atoms with Crippen LogP contribution in [0.4, 0.5) is 5.69 Å². The van der Waals surface area contributed by atoms with Gasteiger partial charge < -0.3 is 10.6 Å². The van der Waals surface area contributed by atoms with Crippen LogP contribution in [-0.4, -0.2) is 5.91 Å². The Morgan fingerprint density at radius 1 is 0.905 bits per heavy atom. The molecule has 1 aliphatic heterocycles. The van der Waals surface area contributed by atoms with Crippen LogP contribution in [0.25, 0.3) is 0 Å². The third-order valence-electron chi connectivity index (χ3n) is 4.46. The lowest BCUT2D eigenvalue weighted by molar-refractivity contribution is 0.102. The van der Waals surface area contributed by atoms with Gasteiger partial charge in [-0.3, -0.25) is 4.79 Å². The van der Waals surface area contributed by atoms with Gasteiger partial charge in [0.05, 0.1) is 0 Å². The average Bonchev–Trinajstić information content (AvgIpc) is 3.14. The highest BCUT2D eigenvalue weighted by atomic mass is 16.1. The maximum absolute atomic E-state index is 12.4. The third-order valence-corrected chi connectivity index (χ3v) is 4.46. The first-order chi connectivity index (χ1) is 10.3. The number of carbonyl (C=O) groups is 1. The van der Waals surface area contributed by atoms with Gasteiger partial charge in [0.1, 0.15) is 0 Å².